The van der Waals surface area contributed by atoms with Crippen LogP contribution in [0.1, 0.15) is 42.4 Å². The molecular weight excluding hydrogens is 196 g/mol. The molecule has 1 aliphatic rings. The van der Waals surface area contributed by atoms with Crippen LogP contribution in [0.3, 0.4) is 0 Å². The van der Waals surface area contributed by atoms with E-state index in [0.29, 0.717) is 5.78 Å². The highest BCUT2D eigenvalue weighted by Crippen LogP contribution is 2.24. The minimum absolute atomic E-state index is 0.340. The Kier molecular flexibility index (Phi) is 3.23. The number of benzene rings is 1. The van der Waals surface area contributed by atoms with Gasteiger partial charge in [-0.15, -0.1) is 0 Å². The summed E-state index contributed by atoms with van der Waals surface area (Å²) in [5, 5.41) is 0. The van der Waals surface area contributed by atoms with Crippen molar-refractivity contribution in [1.29, 1.82) is 0 Å². The molecule has 0 bridgehead atoms. The van der Waals surface area contributed by atoms with E-state index in [1.807, 2.05) is 0 Å². The summed E-state index contributed by atoms with van der Waals surface area (Å²) < 4.78 is 0. The monoisotopic (exact) mass is 214 g/mol. The maximum atomic E-state index is 11.7. The number of ketones is 1. The lowest BCUT2D eigenvalue weighted by Gasteiger charge is -2.13. The predicted molar refractivity (Wildman–Crippen MR) is 67.4 cm³/mol. The summed E-state index contributed by atoms with van der Waals surface area (Å²) in [6.45, 7) is 4.23. The molecule has 0 saturated heterocycles. The van der Waals surface area contributed by atoms with Gasteiger partial charge < -0.3 is 0 Å². The molecule has 2 rings (SSSR count). The van der Waals surface area contributed by atoms with Gasteiger partial charge in [0.1, 0.15) is 0 Å². The zero-order chi connectivity index (χ0) is 11.5. The first-order valence-corrected chi connectivity index (χ1v) is 5.98. The third kappa shape index (κ3) is 2.24. The summed E-state index contributed by atoms with van der Waals surface area (Å²) in [6, 6.07) is 6.26. The van der Waals surface area contributed by atoms with Crippen molar-refractivity contribution < 1.29 is 4.79 Å². The van der Waals surface area contributed by atoms with Gasteiger partial charge in [-0.25, -0.2) is 0 Å². The van der Waals surface area contributed by atoms with Crippen LogP contribution >= 0.6 is 0 Å². The van der Waals surface area contributed by atoms with Crippen molar-refractivity contribution in [3.8, 4) is 0 Å². The van der Waals surface area contributed by atoms with Crippen molar-refractivity contribution in [1.82, 2.24) is 0 Å². The Balaban J connectivity index is 2.34. The highest BCUT2D eigenvalue weighted by molar-refractivity contribution is 6.00. The normalized spacial score (nSPS) is 19.1. The smallest absolute Gasteiger partial charge is 0.158 e. The zero-order valence-electron chi connectivity index (χ0n) is 10.0. The van der Waals surface area contributed by atoms with Gasteiger partial charge in [-0.3, -0.25) is 4.79 Å². The lowest BCUT2D eigenvalue weighted by molar-refractivity contribution is -0.116. The molecular formula is C15H18O. The molecule has 0 spiro atoms. The van der Waals surface area contributed by atoms with Gasteiger partial charge in [0, 0.05) is 6.42 Å². The second kappa shape index (κ2) is 4.65. The van der Waals surface area contributed by atoms with Crippen LogP contribution in [0.2, 0.25) is 0 Å². The first-order valence-electron chi connectivity index (χ1n) is 5.98. The van der Waals surface area contributed by atoms with E-state index in [2.05, 4.69) is 38.1 Å². The number of carbonyl (C=O) groups excluding carboxylic acids is 1. The predicted octanol–water partition coefficient (Wildman–Crippen LogP) is 3.83. The SMILES string of the molecule is Cc1cccc(C=C2CCCCC2=O)c1C. The van der Waals surface area contributed by atoms with Crippen molar-refractivity contribution in [3.05, 3.63) is 40.5 Å². The Labute approximate surface area is 97.2 Å². The summed E-state index contributed by atoms with van der Waals surface area (Å²) >= 11 is 0. The Morgan fingerprint density at radius 3 is 2.62 bits per heavy atom. The number of hydrogen-bond acceptors (Lipinski definition) is 1. The maximum Gasteiger partial charge on any atom is 0.158 e. The highest BCUT2D eigenvalue weighted by Gasteiger charge is 2.14. The van der Waals surface area contributed by atoms with Crippen LogP contribution in [0.4, 0.5) is 0 Å². The molecule has 0 aromatic heterocycles. The van der Waals surface area contributed by atoms with Crippen molar-refractivity contribution in [2.75, 3.05) is 0 Å². The van der Waals surface area contributed by atoms with Gasteiger partial charge in [-0.1, -0.05) is 18.2 Å². The van der Waals surface area contributed by atoms with E-state index in [-0.39, 0.29) is 0 Å². The minimum atomic E-state index is 0.340. The Bertz CT molecular complexity index is 441. The average Bonchev–Trinajstić information content (AvgIpc) is 2.28. The van der Waals surface area contributed by atoms with E-state index in [9.17, 15) is 4.79 Å². The molecule has 1 aromatic rings. The van der Waals surface area contributed by atoms with E-state index in [0.717, 1.165) is 31.3 Å². The van der Waals surface area contributed by atoms with E-state index >= 15 is 0 Å². The topological polar surface area (TPSA) is 17.1 Å². The molecule has 16 heavy (non-hydrogen) atoms. The Hall–Kier alpha value is -1.37. The first-order chi connectivity index (χ1) is 7.68. The highest BCUT2D eigenvalue weighted by atomic mass is 16.1. The van der Waals surface area contributed by atoms with Crippen molar-refractivity contribution in [3.63, 3.8) is 0 Å². The fourth-order valence-corrected chi connectivity index (χ4v) is 2.17. The number of rotatable bonds is 1. The molecule has 1 aliphatic carbocycles. The van der Waals surface area contributed by atoms with Crippen molar-refractivity contribution in [2.24, 2.45) is 0 Å². The van der Waals surface area contributed by atoms with Crippen LogP contribution < -0.4 is 0 Å². The molecule has 1 aromatic carbocycles. The van der Waals surface area contributed by atoms with Gasteiger partial charge in [-0.2, -0.15) is 0 Å². The van der Waals surface area contributed by atoms with Crippen LogP contribution in [0.15, 0.2) is 23.8 Å². The third-order valence-corrected chi connectivity index (χ3v) is 3.43. The first kappa shape index (κ1) is 11.1. The molecule has 0 aliphatic heterocycles. The maximum absolute atomic E-state index is 11.7. The molecule has 0 N–H and O–H groups in total. The van der Waals surface area contributed by atoms with E-state index in [4.69, 9.17) is 0 Å². The van der Waals surface area contributed by atoms with Gasteiger partial charge in [0.15, 0.2) is 5.78 Å². The fraction of sp³-hybridized carbons (Fsp3) is 0.400. The molecule has 1 fully saturated rings. The van der Waals surface area contributed by atoms with E-state index < -0.39 is 0 Å². The lowest BCUT2D eigenvalue weighted by Crippen LogP contribution is -2.08. The number of aryl methyl sites for hydroxylation is 1. The standard InChI is InChI=1S/C15H18O/c1-11-6-5-8-13(12(11)2)10-14-7-3-4-9-15(14)16/h5-6,8,10H,3-4,7,9H2,1-2H3. The molecule has 1 heteroatoms. The summed E-state index contributed by atoms with van der Waals surface area (Å²) in [7, 11) is 0. The third-order valence-electron chi connectivity index (χ3n) is 3.43. The van der Waals surface area contributed by atoms with Gasteiger partial charge >= 0.3 is 0 Å². The molecule has 1 saturated carbocycles. The van der Waals surface area contributed by atoms with Crippen LogP contribution in [-0.4, -0.2) is 5.78 Å². The Morgan fingerprint density at radius 2 is 1.88 bits per heavy atom. The molecule has 0 unspecified atom stereocenters. The van der Waals surface area contributed by atoms with E-state index in [1.165, 1.54) is 16.7 Å². The molecule has 0 heterocycles. The number of allylic oxidation sites excluding steroid dienone is 1. The summed E-state index contributed by atoms with van der Waals surface area (Å²) in [6.07, 6.45) is 5.98. The zero-order valence-corrected chi connectivity index (χ0v) is 10.0. The van der Waals surface area contributed by atoms with Crippen LogP contribution in [0, 0.1) is 13.8 Å². The average molecular weight is 214 g/mol. The molecule has 84 valence electrons. The number of hydrogen-bond donors (Lipinski definition) is 0. The van der Waals surface area contributed by atoms with Crippen LogP contribution in [-0.2, 0) is 4.79 Å². The van der Waals surface area contributed by atoms with Gasteiger partial charge in [0.25, 0.3) is 0 Å². The van der Waals surface area contributed by atoms with Crippen LogP contribution in [0.25, 0.3) is 6.08 Å². The van der Waals surface area contributed by atoms with Gasteiger partial charge in [0.2, 0.25) is 0 Å². The lowest BCUT2D eigenvalue weighted by atomic mass is 9.91. The fourth-order valence-electron chi connectivity index (χ4n) is 2.17. The summed E-state index contributed by atoms with van der Waals surface area (Å²) in [5.74, 6) is 0.340. The minimum Gasteiger partial charge on any atom is -0.295 e. The number of carbonyl (C=O) groups is 1. The summed E-state index contributed by atoms with van der Waals surface area (Å²) in [5.41, 5.74) is 4.79. The van der Waals surface area contributed by atoms with Crippen molar-refractivity contribution >= 4 is 11.9 Å². The summed E-state index contributed by atoms with van der Waals surface area (Å²) in [4.78, 5) is 11.7. The van der Waals surface area contributed by atoms with Gasteiger partial charge in [0.05, 0.1) is 0 Å². The van der Waals surface area contributed by atoms with E-state index in [1.54, 1.807) is 0 Å². The van der Waals surface area contributed by atoms with Gasteiger partial charge in [-0.05, 0) is 61.4 Å². The second-order valence-electron chi connectivity index (χ2n) is 4.59. The number of Topliss-reactive ketones (excluding diaryl/α,β-unsaturated/α-hetero) is 1. The van der Waals surface area contributed by atoms with Crippen LogP contribution in [0.5, 0.6) is 0 Å². The molecule has 0 amide bonds. The largest absolute Gasteiger partial charge is 0.295 e. The molecule has 1 nitrogen and oxygen atoms in total. The quantitative estimate of drug-likeness (QED) is 0.649. The Morgan fingerprint density at radius 1 is 1.12 bits per heavy atom. The molecule has 0 radical (unpaired) electrons. The molecule has 0 atom stereocenters. The van der Waals surface area contributed by atoms with Crippen molar-refractivity contribution in [2.45, 2.75) is 39.5 Å². The second-order valence-corrected chi connectivity index (χ2v) is 4.59.